The molecule has 0 saturated carbocycles. The van der Waals surface area contributed by atoms with Gasteiger partial charge in [0, 0.05) is 30.8 Å². The predicted octanol–water partition coefficient (Wildman–Crippen LogP) is 0.688. The highest BCUT2D eigenvalue weighted by Crippen LogP contribution is 2.06. The second-order valence-electron chi connectivity index (χ2n) is 7.60. The van der Waals surface area contributed by atoms with Crippen LogP contribution in [0, 0.1) is 0 Å². The number of rotatable bonds is 18. The van der Waals surface area contributed by atoms with Gasteiger partial charge in [0.2, 0.25) is 11.8 Å². The third kappa shape index (κ3) is 13.4. The average Bonchev–Trinajstić information content (AvgIpc) is 2.80. The summed E-state index contributed by atoms with van der Waals surface area (Å²) in [5, 5.41) is 17.2. The Kier molecular flexibility index (Phi) is 14.7. The van der Waals surface area contributed by atoms with E-state index in [9.17, 15) is 24.3 Å². The summed E-state index contributed by atoms with van der Waals surface area (Å²) in [5.74, 6) is -1.91. The van der Waals surface area contributed by atoms with Crippen molar-refractivity contribution >= 4 is 29.4 Å². The van der Waals surface area contributed by atoms with Crippen molar-refractivity contribution < 1.29 is 33.8 Å². The molecule has 0 aliphatic carbocycles. The lowest BCUT2D eigenvalue weighted by molar-refractivity contribution is -0.142. The van der Waals surface area contributed by atoms with Crippen LogP contribution in [-0.2, 0) is 23.9 Å². The Hall–Kier alpha value is -3.18. The van der Waals surface area contributed by atoms with Gasteiger partial charge < -0.3 is 36.3 Å². The van der Waals surface area contributed by atoms with Crippen molar-refractivity contribution in [3.05, 3.63) is 29.8 Å². The SMILES string of the molecule is CCCC(=O)NCCOCCOCC(=O)NC(CCCCNC(=O)c1ccc(N)cc1)C(=O)O. The van der Waals surface area contributed by atoms with Crippen LogP contribution in [0.25, 0.3) is 0 Å². The largest absolute Gasteiger partial charge is 0.480 e. The van der Waals surface area contributed by atoms with Crippen LogP contribution in [0.5, 0.6) is 0 Å². The van der Waals surface area contributed by atoms with E-state index < -0.39 is 17.9 Å². The van der Waals surface area contributed by atoms with Gasteiger partial charge in [-0.3, -0.25) is 14.4 Å². The second kappa shape index (κ2) is 17.3. The lowest BCUT2D eigenvalue weighted by Crippen LogP contribution is -2.42. The number of aliphatic carboxylic acids is 1. The van der Waals surface area contributed by atoms with Crippen molar-refractivity contribution in [1.29, 1.82) is 0 Å². The summed E-state index contributed by atoms with van der Waals surface area (Å²) in [6.07, 6.45) is 2.56. The molecular weight excluding hydrogens is 444 g/mol. The number of carbonyl (C=O) groups is 4. The molecule has 11 nitrogen and oxygen atoms in total. The fourth-order valence-corrected chi connectivity index (χ4v) is 2.87. The lowest BCUT2D eigenvalue weighted by atomic mass is 10.1. The average molecular weight is 481 g/mol. The molecule has 0 radical (unpaired) electrons. The van der Waals surface area contributed by atoms with E-state index in [4.69, 9.17) is 15.2 Å². The fraction of sp³-hybridized carbons (Fsp3) is 0.565. The lowest BCUT2D eigenvalue weighted by Gasteiger charge is -2.15. The highest BCUT2D eigenvalue weighted by molar-refractivity contribution is 5.94. The van der Waals surface area contributed by atoms with Crippen LogP contribution < -0.4 is 21.7 Å². The quantitative estimate of drug-likeness (QED) is 0.151. The van der Waals surface area contributed by atoms with E-state index in [1.807, 2.05) is 6.92 Å². The van der Waals surface area contributed by atoms with Crippen molar-refractivity contribution in [2.45, 2.75) is 45.1 Å². The smallest absolute Gasteiger partial charge is 0.326 e. The molecule has 0 aliphatic heterocycles. The zero-order valence-electron chi connectivity index (χ0n) is 19.6. The van der Waals surface area contributed by atoms with Gasteiger partial charge >= 0.3 is 5.97 Å². The number of nitrogen functional groups attached to an aromatic ring is 1. The first-order chi connectivity index (χ1) is 16.3. The van der Waals surface area contributed by atoms with Crippen molar-refractivity contribution in [3.63, 3.8) is 0 Å². The van der Waals surface area contributed by atoms with Crippen LogP contribution in [-0.4, -0.2) is 74.4 Å². The molecule has 11 heteroatoms. The fourth-order valence-electron chi connectivity index (χ4n) is 2.87. The van der Waals surface area contributed by atoms with E-state index in [1.165, 1.54) is 0 Å². The van der Waals surface area contributed by atoms with Gasteiger partial charge in [0.15, 0.2) is 0 Å². The number of ether oxygens (including phenoxy) is 2. The molecule has 190 valence electrons. The highest BCUT2D eigenvalue weighted by Gasteiger charge is 2.19. The van der Waals surface area contributed by atoms with E-state index in [0.717, 1.165) is 6.42 Å². The Bertz CT molecular complexity index is 771. The first-order valence-corrected chi connectivity index (χ1v) is 11.4. The number of amides is 3. The number of carbonyl (C=O) groups excluding carboxylic acids is 3. The van der Waals surface area contributed by atoms with Crippen molar-refractivity contribution in [2.24, 2.45) is 0 Å². The topological polar surface area (TPSA) is 169 Å². The monoisotopic (exact) mass is 480 g/mol. The molecule has 0 saturated heterocycles. The number of nitrogens with one attached hydrogen (secondary N) is 3. The molecule has 1 aromatic rings. The summed E-state index contributed by atoms with van der Waals surface area (Å²) in [4.78, 5) is 46.6. The number of nitrogens with two attached hydrogens (primary N) is 1. The molecule has 0 fully saturated rings. The van der Waals surface area contributed by atoms with Crippen molar-refractivity contribution in [1.82, 2.24) is 16.0 Å². The summed E-state index contributed by atoms with van der Waals surface area (Å²) < 4.78 is 10.5. The Morgan fingerprint density at radius 2 is 1.65 bits per heavy atom. The summed E-state index contributed by atoms with van der Waals surface area (Å²) in [5.41, 5.74) is 6.66. The second-order valence-corrected chi connectivity index (χ2v) is 7.60. The molecule has 0 aromatic heterocycles. The zero-order valence-corrected chi connectivity index (χ0v) is 19.6. The first-order valence-electron chi connectivity index (χ1n) is 11.4. The molecule has 1 atom stereocenters. The van der Waals surface area contributed by atoms with Crippen LogP contribution in [0.2, 0.25) is 0 Å². The molecule has 3 amide bonds. The highest BCUT2D eigenvalue weighted by atomic mass is 16.5. The van der Waals surface area contributed by atoms with Gasteiger partial charge in [-0.2, -0.15) is 0 Å². The van der Waals surface area contributed by atoms with E-state index >= 15 is 0 Å². The maximum atomic E-state index is 12.0. The molecule has 6 N–H and O–H groups in total. The standard InChI is InChI=1S/C23H36N4O7/c1-2-5-20(28)25-12-13-33-14-15-34-16-21(29)27-19(23(31)32)6-3-4-11-26-22(30)17-7-9-18(24)10-8-17/h7-10,19H,2-6,11-16,24H2,1H3,(H,25,28)(H,26,30)(H,27,29)(H,31,32). The number of carboxylic acid groups (broad SMARTS) is 1. The Labute approximate surface area is 199 Å². The molecule has 0 heterocycles. The Morgan fingerprint density at radius 1 is 0.941 bits per heavy atom. The summed E-state index contributed by atoms with van der Waals surface area (Å²) >= 11 is 0. The van der Waals surface area contributed by atoms with Gasteiger partial charge in [0.25, 0.3) is 5.91 Å². The van der Waals surface area contributed by atoms with Crippen LogP contribution in [0.15, 0.2) is 24.3 Å². The van der Waals surface area contributed by atoms with Crippen LogP contribution in [0.3, 0.4) is 0 Å². The maximum absolute atomic E-state index is 12.0. The number of carboxylic acids is 1. The molecular formula is C23H36N4O7. The van der Waals surface area contributed by atoms with Crippen molar-refractivity contribution in [3.8, 4) is 0 Å². The molecule has 0 bridgehead atoms. The third-order valence-corrected chi connectivity index (χ3v) is 4.66. The summed E-state index contributed by atoms with van der Waals surface area (Å²) in [6.45, 7) is 3.20. The molecule has 0 aliphatic rings. The number of benzene rings is 1. The van der Waals surface area contributed by atoms with Gasteiger partial charge in [0.05, 0.1) is 19.8 Å². The van der Waals surface area contributed by atoms with Crippen LogP contribution in [0.4, 0.5) is 5.69 Å². The first kappa shape index (κ1) is 28.9. The Morgan fingerprint density at radius 3 is 2.32 bits per heavy atom. The minimum absolute atomic E-state index is 0.0186. The molecule has 34 heavy (non-hydrogen) atoms. The van der Waals surface area contributed by atoms with Crippen molar-refractivity contribution in [2.75, 3.05) is 45.3 Å². The normalized spacial score (nSPS) is 11.4. The third-order valence-electron chi connectivity index (χ3n) is 4.66. The number of unbranched alkanes of at least 4 members (excludes halogenated alkanes) is 1. The van der Waals surface area contributed by atoms with Crippen LogP contribution >= 0.6 is 0 Å². The summed E-state index contributed by atoms with van der Waals surface area (Å²) in [6, 6.07) is 5.50. The van der Waals surface area contributed by atoms with E-state index in [1.54, 1.807) is 24.3 Å². The van der Waals surface area contributed by atoms with Gasteiger partial charge in [-0.25, -0.2) is 4.79 Å². The predicted molar refractivity (Wildman–Crippen MR) is 126 cm³/mol. The molecule has 1 unspecified atom stereocenters. The van der Waals surface area contributed by atoms with Gasteiger partial charge in [-0.1, -0.05) is 6.92 Å². The van der Waals surface area contributed by atoms with Gasteiger partial charge in [0.1, 0.15) is 12.6 Å². The summed E-state index contributed by atoms with van der Waals surface area (Å²) in [7, 11) is 0. The zero-order chi connectivity index (χ0) is 25.2. The molecule has 1 rings (SSSR count). The minimum Gasteiger partial charge on any atom is -0.480 e. The van der Waals surface area contributed by atoms with E-state index in [0.29, 0.717) is 50.2 Å². The number of hydrogen-bond donors (Lipinski definition) is 5. The molecule has 0 spiro atoms. The Balaban J connectivity index is 2.12. The molecule has 1 aromatic carbocycles. The number of anilines is 1. The van der Waals surface area contributed by atoms with Gasteiger partial charge in [-0.15, -0.1) is 0 Å². The minimum atomic E-state index is -1.13. The van der Waals surface area contributed by atoms with Crippen LogP contribution in [0.1, 0.15) is 49.4 Å². The number of hydrogen-bond acceptors (Lipinski definition) is 7. The van der Waals surface area contributed by atoms with E-state index in [-0.39, 0.29) is 38.1 Å². The van der Waals surface area contributed by atoms with E-state index in [2.05, 4.69) is 16.0 Å². The maximum Gasteiger partial charge on any atom is 0.326 e. The van der Waals surface area contributed by atoms with Gasteiger partial charge in [-0.05, 0) is 49.9 Å².